The second-order valence-corrected chi connectivity index (χ2v) is 11.9. The molecule has 0 saturated heterocycles. The molecular formula is C17H16Br2O2S2. The van der Waals surface area contributed by atoms with Gasteiger partial charge in [0.1, 0.15) is 4.08 Å². The molecule has 6 heteroatoms. The van der Waals surface area contributed by atoms with E-state index >= 15 is 0 Å². The zero-order valence-corrected chi connectivity index (χ0v) is 17.0. The molecule has 0 spiro atoms. The van der Waals surface area contributed by atoms with Crippen LogP contribution in [0.25, 0.3) is 0 Å². The molecule has 0 N–H and O–H groups in total. The van der Waals surface area contributed by atoms with Crippen molar-refractivity contribution >= 4 is 53.5 Å². The van der Waals surface area contributed by atoms with Crippen molar-refractivity contribution in [1.29, 1.82) is 0 Å². The average molecular weight is 476 g/mol. The Morgan fingerprint density at radius 3 is 1.87 bits per heavy atom. The van der Waals surface area contributed by atoms with Crippen LogP contribution in [0.15, 0.2) is 70.5 Å². The summed E-state index contributed by atoms with van der Waals surface area (Å²) in [6.07, 6.45) is 1.14. The first-order valence-corrected chi connectivity index (χ1v) is 11.4. The van der Waals surface area contributed by atoms with Crippen LogP contribution in [0, 0.1) is 0 Å². The lowest BCUT2D eigenvalue weighted by atomic mass is 10.3. The fraction of sp³-hybridized carbons (Fsp3) is 0.294. The maximum absolute atomic E-state index is 13.4. The summed E-state index contributed by atoms with van der Waals surface area (Å²) in [5.41, 5.74) is 0. The van der Waals surface area contributed by atoms with Crippen molar-refractivity contribution in [3.8, 4) is 0 Å². The largest absolute Gasteiger partial charge is 0.222 e. The Balaban J connectivity index is 2.06. The third-order valence-corrected chi connectivity index (χ3v) is 11.0. The third kappa shape index (κ3) is 3.41. The summed E-state index contributed by atoms with van der Waals surface area (Å²) in [4.78, 5) is 1.65. The monoisotopic (exact) mass is 474 g/mol. The van der Waals surface area contributed by atoms with E-state index in [1.807, 2.05) is 36.4 Å². The van der Waals surface area contributed by atoms with Crippen LogP contribution in [0.4, 0.5) is 0 Å². The zero-order valence-electron chi connectivity index (χ0n) is 12.2. The van der Waals surface area contributed by atoms with Gasteiger partial charge >= 0.3 is 0 Å². The van der Waals surface area contributed by atoms with Gasteiger partial charge < -0.3 is 0 Å². The summed E-state index contributed by atoms with van der Waals surface area (Å²) >= 11 is 8.73. The van der Waals surface area contributed by atoms with E-state index < -0.39 is 13.9 Å². The summed E-state index contributed by atoms with van der Waals surface area (Å²) in [7, 11) is -3.46. The minimum Gasteiger partial charge on any atom is -0.222 e. The van der Waals surface area contributed by atoms with Crippen molar-refractivity contribution in [1.82, 2.24) is 0 Å². The molecule has 1 saturated carbocycles. The predicted molar refractivity (Wildman–Crippen MR) is 103 cm³/mol. The van der Waals surface area contributed by atoms with E-state index in [1.54, 1.807) is 24.3 Å². The van der Waals surface area contributed by atoms with E-state index in [1.165, 1.54) is 11.8 Å². The second kappa shape index (κ2) is 6.90. The summed E-state index contributed by atoms with van der Waals surface area (Å²) < 4.78 is 25.9. The summed E-state index contributed by atoms with van der Waals surface area (Å²) in [5, 5.41) is 0. The van der Waals surface area contributed by atoms with Crippen molar-refractivity contribution in [2.45, 2.75) is 36.4 Å². The molecule has 3 atom stereocenters. The average Bonchev–Trinajstić information content (AvgIpc) is 2.85. The first kappa shape index (κ1) is 17.5. The summed E-state index contributed by atoms with van der Waals surface area (Å²) in [6, 6.07) is 18.5. The van der Waals surface area contributed by atoms with E-state index in [-0.39, 0.29) is 9.65 Å². The fourth-order valence-corrected chi connectivity index (χ4v) is 9.15. The third-order valence-electron chi connectivity index (χ3n) is 3.99. The first-order chi connectivity index (χ1) is 10.9. The van der Waals surface area contributed by atoms with Crippen LogP contribution in [0.3, 0.4) is 0 Å². The number of hydrogen-bond acceptors (Lipinski definition) is 3. The number of benzene rings is 2. The summed E-state index contributed by atoms with van der Waals surface area (Å²) in [6.45, 7) is 0. The molecule has 0 heterocycles. The lowest BCUT2D eigenvalue weighted by Gasteiger charge is -2.28. The smallest absolute Gasteiger partial charge is 0.193 e. The van der Waals surface area contributed by atoms with E-state index in [9.17, 15) is 8.42 Å². The van der Waals surface area contributed by atoms with Gasteiger partial charge in [0.2, 0.25) is 0 Å². The minimum atomic E-state index is -3.46. The molecule has 0 aliphatic heterocycles. The van der Waals surface area contributed by atoms with E-state index in [0.29, 0.717) is 17.7 Å². The van der Waals surface area contributed by atoms with Gasteiger partial charge in [-0.3, -0.25) is 0 Å². The predicted octanol–water partition coefficient (Wildman–Crippen LogP) is 5.27. The highest BCUT2D eigenvalue weighted by atomic mass is 79.9. The molecule has 0 amide bonds. The van der Waals surface area contributed by atoms with Crippen LogP contribution in [-0.4, -0.2) is 22.2 Å². The maximum Gasteiger partial charge on any atom is 0.193 e. The SMILES string of the molecule is O=S(=O)(c1ccccc1)C1(Sc2ccccc2)CC(Br)[C@@H](Br)C1. The molecule has 2 unspecified atom stereocenters. The van der Waals surface area contributed by atoms with Gasteiger partial charge in [0.05, 0.1) is 4.90 Å². The lowest BCUT2D eigenvalue weighted by Crippen LogP contribution is -2.33. The lowest BCUT2D eigenvalue weighted by molar-refractivity contribution is 0.572. The van der Waals surface area contributed by atoms with E-state index in [0.717, 1.165) is 4.90 Å². The first-order valence-electron chi connectivity index (χ1n) is 7.26. The molecule has 0 bridgehead atoms. The molecule has 23 heavy (non-hydrogen) atoms. The van der Waals surface area contributed by atoms with Crippen molar-refractivity contribution in [3.63, 3.8) is 0 Å². The Kier molecular flexibility index (Phi) is 5.26. The number of sulfone groups is 1. The van der Waals surface area contributed by atoms with Crippen LogP contribution in [0.2, 0.25) is 0 Å². The molecule has 2 aromatic rings. The Bertz CT molecular complexity index is 754. The normalized spacial score (nSPS) is 27.9. The van der Waals surface area contributed by atoms with Gasteiger partial charge in [-0.05, 0) is 37.1 Å². The summed E-state index contributed by atoms with van der Waals surface area (Å²) in [5.74, 6) is 0. The molecule has 2 nitrogen and oxygen atoms in total. The molecule has 2 aromatic carbocycles. The quantitative estimate of drug-likeness (QED) is 0.565. The molecule has 1 aliphatic carbocycles. The topological polar surface area (TPSA) is 34.1 Å². The van der Waals surface area contributed by atoms with Gasteiger partial charge in [0, 0.05) is 14.5 Å². The Hall–Kier alpha value is -0.300. The second-order valence-electron chi connectivity index (χ2n) is 5.58. The number of halogens is 2. The highest BCUT2D eigenvalue weighted by Crippen LogP contribution is 2.54. The highest BCUT2D eigenvalue weighted by molar-refractivity contribution is 9.12. The van der Waals surface area contributed by atoms with Crippen LogP contribution < -0.4 is 0 Å². The number of thioether (sulfide) groups is 1. The molecule has 122 valence electrons. The van der Waals surface area contributed by atoms with Gasteiger partial charge in [-0.25, -0.2) is 8.42 Å². The van der Waals surface area contributed by atoms with Crippen LogP contribution in [0.5, 0.6) is 0 Å². The molecule has 0 aromatic heterocycles. The van der Waals surface area contributed by atoms with Crippen LogP contribution in [0.1, 0.15) is 12.8 Å². The van der Waals surface area contributed by atoms with Gasteiger partial charge in [0.25, 0.3) is 0 Å². The van der Waals surface area contributed by atoms with Crippen LogP contribution >= 0.6 is 43.6 Å². The van der Waals surface area contributed by atoms with Crippen molar-refractivity contribution in [2.24, 2.45) is 0 Å². The number of hydrogen-bond donors (Lipinski definition) is 0. The van der Waals surface area contributed by atoms with Gasteiger partial charge in [-0.2, -0.15) is 0 Å². The van der Waals surface area contributed by atoms with Gasteiger partial charge in [-0.15, -0.1) is 11.8 Å². The fourth-order valence-electron chi connectivity index (χ4n) is 2.81. The van der Waals surface area contributed by atoms with Crippen molar-refractivity contribution in [3.05, 3.63) is 60.7 Å². The van der Waals surface area contributed by atoms with Gasteiger partial charge in [0.15, 0.2) is 9.84 Å². The molecule has 1 aliphatic rings. The van der Waals surface area contributed by atoms with Crippen molar-refractivity contribution < 1.29 is 8.42 Å². The number of rotatable bonds is 4. The maximum atomic E-state index is 13.4. The molecule has 0 radical (unpaired) electrons. The number of alkyl halides is 2. The zero-order chi connectivity index (χ0) is 16.5. The standard InChI is InChI=1S/C17H16Br2O2S2/c18-15-11-17(12-16(15)19,22-13-7-3-1-4-8-13)23(20,21)14-9-5-2-6-10-14/h1-10,15-16H,11-12H2/t15-,16?,17?/m0/s1. The highest BCUT2D eigenvalue weighted by Gasteiger charge is 2.53. The molecule has 3 rings (SSSR count). The van der Waals surface area contributed by atoms with Crippen molar-refractivity contribution in [2.75, 3.05) is 0 Å². The van der Waals surface area contributed by atoms with E-state index in [2.05, 4.69) is 31.9 Å². The molecule has 1 fully saturated rings. The van der Waals surface area contributed by atoms with Crippen LogP contribution in [-0.2, 0) is 9.84 Å². The van der Waals surface area contributed by atoms with E-state index in [4.69, 9.17) is 0 Å². The Morgan fingerprint density at radius 1 is 0.870 bits per heavy atom. The Morgan fingerprint density at radius 2 is 1.35 bits per heavy atom. The molecular weight excluding hydrogens is 460 g/mol. The van der Waals surface area contributed by atoms with Gasteiger partial charge in [-0.1, -0.05) is 68.3 Å². The minimum absolute atomic E-state index is 0.136. The Labute approximate surface area is 158 Å².